The first kappa shape index (κ1) is 17.8. The Bertz CT molecular complexity index is 500. The predicted octanol–water partition coefficient (Wildman–Crippen LogP) is 4.97. The van der Waals surface area contributed by atoms with Gasteiger partial charge in [-0.15, -0.1) is 0 Å². The highest BCUT2D eigenvalue weighted by Crippen LogP contribution is 2.47. The molecule has 22 heavy (non-hydrogen) atoms. The predicted molar refractivity (Wildman–Crippen MR) is 94.4 cm³/mol. The molecule has 1 saturated carbocycles. The van der Waals surface area contributed by atoms with Gasteiger partial charge in [-0.1, -0.05) is 53.5 Å². The molecule has 122 valence electrons. The maximum absolute atomic E-state index is 12.4. The second-order valence-corrected chi connectivity index (χ2v) is 7.69. The van der Waals surface area contributed by atoms with Crippen molar-refractivity contribution in [2.45, 2.75) is 26.7 Å². The molecule has 2 nitrogen and oxygen atoms in total. The van der Waals surface area contributed by atoms with Crippen LogP contribution in [0.25, 0.3) is 0 Å². The number of halogens is 2. The highest BCUT2D eigenvalue weighted by atomic mass is 79.9. The van der Waals surface area contributed by atoms with Gasteiger partial charge < -0.3 is 4.74 Å². The van der Waals surface area contributed by atoms with Crippen molar-refractivity contribution in [3.05, 3.63) is 34.9 Å². The Balaban J connectivity index is 2.26. The van der Waals surface area contributed by atoms with Gasteiger partial charge in [-0.2, -0.15) is 0 Å². The first-order chi connectivity index (χ1) is 10.5. The van der Waals surface area contributed by atoms with Crippen LogP contribution in [0.3, 0.4) is 0 Å². The summed E-state index contributed by atoms with van der Waals surface area (Å²) in [6.07, 6.45) is 1.98. The molecule has 0 spiro atoms. The van der Waals surface area contributed by atoms with Crippen LogP contribution in [0.15, 0.2) is 24.3 Å². The third kappa shape index (κ3) is 3.86. The molecule has 1 aromatic rings. The van der Waals surface area contributed by atoms with Gasteiger partial charge in [0.15, 0.2) is 0 Å². The number of hydrogen-bond acceptors (Lipinski definition) is 2. The second kappa shape index (κ2) is 7.83. The Labute approximate surface area is 146 Å². The van der Waals surface area contributed by atoms with Gasteiger partial charge in [-0.05, 0) is 54.2 Å². The summed E-state index contributed by atoms with van der Waals surface area (Å²) in [4.78, 5) is 12.4. The summed E-state index contributed by atoms with van der Waals surface area (Å²) in [5, 5.41) is 1.68. The maximum Gasteiger partial charge on any atom is 0.309 e. The quantitative estimate of drug-likeness (QED) is 0.526. The van der Waals surface area contributed by atoms with Crippen LogP contribution in [-0.4, -0.2) is 18.4 Å². The number of esters is 1. The van der Waals surface area contributed by atoms with Gasteiger partial charge >= 0.3 is 5.97 Å². The molecule has 0 heterocycles. The Morgan fingerprint density at radius 1 is 1.36 bits per heavy atom. The second-order valence-electron chi connectivity index (χ2n) is 6.60. The minimum absolute atomic E-state index is 0.0109. The third-order valence-corrected chi connectivity index (χ3v) is 6.10. The van der Waals surface area contributed by atoms with Crippen LogP contribution in [0.2, 0.25) is 5.02 Å². The van der Waals surface area contributed by atoms with Crippen molar-refractivity contribution in [2.75, 3.05) is 12.4 Å². The van der Waals surface area contributed by atoms with Crippen LogP contribution in [0.4, 0.5) is 0 Å². The maximum atomic E-state index is 12.4. The molecule has 1 aliphatic carbocycles. The lowest BCUT2D eigenvalue weighted by molar-refractivity contribution is -0.149. The van der Waals surface area contributed by atoms with Crippen molar-refractivity contribution >= 4 is 33.5 Å². The summed E-state index contributed by atoms with van der Waals surface area (Å²) in [5.41, 5.74) is 1.23. The monoisotopic (exact) mass is 386 g/mol. The number of rotatable bonds is 5. The number of ether oxygens (including phenoxy) is 1. The molecule has 4 heteroatoms. The highest BCUT2D eigenvalue weighted by molar-refractivity contribution is 9.09. The zero-order valence-electron chi connectivity index (χ0n) is 13.4. The first-order valence-electron chi connectivity index (χ1n) is 7.86. The molecular formula is C18H24BrClO2. The minimum atomic E-state index is -0.0545. The summed E-state index contributed by atoms with van der Waals surface area (Å²) in [6.45, 7) is 4.41. The lowest BCUT2D eigenvalue weighted by Crippen LogP contribution is -2.31. The van der Waals surface area contributed by atoms with E-state index in [1.165, 1.54) is 12.7 Å². The molecule has 4 atom stereocenters. The smallest absolute Gasteiger partial charge is 0.309 e. The first-order valence-corrected chi connectivity index (χ1v) is 9.36. The van der Waals surface area contributed by atoms with Crippen molar-refractivity contribution < 1.29 is 9.53 Å². The summed E-state index contributed by atoms with van der Waals surface area (Å²) < 4.78 is 5.12. The van der Waals surface area contributed by atoms with E-state index < -0.39 is 0 Å². The van der Waals surface area contributed by atoms with Gasteiger partial charge in [0.25, 0.3) is 0 Å². The fourth-order valence-corrected chi connectivity index (χ4v) is 4.69. The highest BCUT2D eigenvalue weighted by Gasteiger charge is 2.47. The fraction of sp³-hybridized carbons (Fsp3) is 0.611. The van der Waals surface area contributed by atoms with Crippen LogP contribution in [-0.2, 0) is 16.0 Å². The molecule has 1 aromatic carbocycles. The average Bonchev–Trinajstić information content (AvgIpc) is 2.87. The molecule has 0 saturated heterocycles. The Morgan fingerprint density at radius 2 is 2.00 bits per heavy atom. The van der Waals surface area contributed by atoms with Crippen LogP contribution in [0.1, 0.15) is 25.8 Å². The van der Waals surface area contributed by atoms with Crippen LogP contribution in [0.5, 0.6) is 0 Å². The molecule has 4 unspecified atom stereocenters. The van der Waals surface area contributed by atoms with Crippen molar-refractivity contribution in [3.63, 3.8) is 0 Å². The molecular weight excluding hydrogens is 364 g/mol. The Kier molecular flexibility index (Phi) is 6.34. The van der Waals surface area contributed by atoms with Gasteiger partial charge in [0.2, 0.25) is 0 Å². The van der Waals surface area contributed by atoms with E-state index in [2.05, 4.69) is 41.9 Å². The summed E-state index contributed by atoms with van der Waals surface area (Å²) >= 11 is 9.61. The van der Waals surface area contributed by atoms with E-state index in [9.17, 15) is 4.79 Å². The summed E-state index contributed by atoms with van der Waals surface area (Å²) in [5.74, 6) is 1.64. The topological polar surface area (TPSA) is 26.3 Å². The van der Waals surface area contributed by atoms with Crippen molar-refractivity contribution in [1.82, 2.24) is 0 Å². The van der Waals surface area contributed by atoms with E-state index >= 15 is 0 Å². The molecule has 1 fully saturated rings. The fourth-order valence-electron chi connectivity index (χ4n) is 3.82. The molecule has 0 amide bonds. The molecule has 0 aliphatic heterocycles. The lowest BCUT2D eigenvalue weighted by atomic mass is 9.80. The van der Waals surface area contributed by atoms with E-state index in [1.807, 2.05) is 12.1 Å². The number of methoxy groups -OCH3 is 1. The summed E-state index contributed by atoms with van der Waals surface area (Å²) in [7, 11) is 1.50. The van der Waals surface area contributed by atoms with E-state index in [4.69, 9.17) is 16.3 Å². The average molecular weight is 388 g/mol. The van der Waals surface area contributed by atoms with E-state index in [-0.39, 0.29) is 11.9 Å². The largest absolute Gasteiger partial charge is 0.469 e. The third-order valence-electron chi connectivity index (χ3n) is 5.02. The number of benzene rings is 1. The van der Waals surface area contributed by atoms with E-state index in [0.29, 0.717) is 23.7 Å². The normalized spacial score (nSPS) is 28.1. The Hall–Kier alpha value is -0.540. The van der Waals surface area contributed by atoms with Crippen LogP contribution < -0.4 is 0 Å². The van der Waals surface area contributed by atoms with E-state index in [0.717, 1.165) is 23.2 Å². The van der Waals surface area contributed by atoms with Gasteiger partial charge in [0.1, 0.15) is 0 Å². The van der Waals surface area contributed by atoms with Crippen molar-refractivity contribution in [1.29, 1.82) is 0 Å². The Morgan fingerprint density at radius 3 is 2.50 bits per heavy atom. The number of carbonyl (C=O) groups excluding carboxylic acids is 1. The van der Waals surface area contributed by atoms with Gasteiger partial charge in [-0.3, -0.25) is 4.79 Å². The molecule has 1 aliphatic rings. The molecule has 0 aromatic heterocycles. The van der Waals surface area contributed by atoms with Gasteiger partial charge in [-0.25, -0.2) is 0 Å². The SMILES string of the molecule is COC(=O)C1C(C(C)C)CC(CBr)C1Cc1ccc(Cl)cc1. The van der Waals surface area contributed by atoms with Gasteiger partial charge in [0, 0.05) is 10.4 Å². The van der Waals surface area contributed by atoms with Crippen molar-refractivity contribution in [3.8, 4) is 0 Å². The van der Waals surface area contributed by atoms with Crippen LogP contribution >= 0.6 is 27.5 Å². The minimum Gasteiger partial charge on any atom is -0.469 e. The number of alkyl halides is 1. The molecule has 0 radical (unpaired) electrons. The van der Waals surface area contributed by atoms with Crippen molar-refractivity contribution in [2.24, 2.45) is 29.6 Å². The van der Waals surface area contributed by atoms with E-state index in [1.54, 1.807) is 0 Å². The summed E-state index contributed by atoms with van der Waals surface area (Å²) in [6, 6.07) is 7.96. The van der Waals surface area contributed by atoms with Gasteiger partial charge in [0.05, 0.1) is 13.0 Å². The number of hydrogen-bond donors (Lipinski definition) is 0. The van der Waals surface area contributed by atoms with Crippen LogP contribution in [0, 0.1) is 29.6 Å². The molecule has 0 bridgehead atoms. The zero-order valence-corrected chi connectivity index (χ0v) is 15.7. The number of carbonyl (C=O) groups is 1. The zero-order chi connectivity index (χ0) is 16.3. The molecule has 2 rings (SSSR count). The lowest BCUT2D eigenvalue weighted by Gasteiger charge is -2.26. The molecule has 0 N–H and O–H groups in total. The standard InChI is InChI=1S/C18H24BrClO2/c1-11(2)15-9-13(10-19)16(17(15)18(21)22-3)8-12-4-6-14(20)7-5-12/h4-7,11,13,15-17H,8-10H2,1-3H3.